The lowest BCUT2D eigenvalue weighted by molar-refractivity contribution is -0.134. The van der Waals surface area contributed by atoms with E-state index in [-0.39, 0.29) is 22.4 Å². The standard InChI is InChI=1S/C17H25N3O6S/c1-12(2)19(3)16(21)11-26-17(22)14-10-13(27(18,23)24)4-5-15(14)20-6-8-25-9-7-20/h4-5,10,12H,6-9,11H2,1-3H3,(H2,18,23,24). The van der Waals surface area contributed by atoms with Crippen LogP contribution in [-0.2, 0) is 24.3 Å². The molecule has 9 nitrogen and oxygen atoms in total. The SMILES string of the molecule is CC(C)N(C)C(=O)COC(=O)c1cc(S(N)(=O)=O)ccc1N1CCOCC1. The van der Waals surface area contributed by atoms with Gasteiger partial charge in [-0.3, -0.25) is 4.79 Å². The fourth-order valence-electron chi connectivity index (χ4n) is 2.53. The molecule has 0 bridgehead atoms. The van der Waals surface area contributed by atoms with E-state index in [0.717, 1.165) is 0 Å². The molecule has 0 aliphatic carbocycles. The number of carbonyl (C=O) groups excluding carboxylic acids is 2. The van der Waals surface area contributed by atoms with Crippen molar-refractivity contribution < 1.29 is 27.5 Å². The third kappa shape index (κ3) is 5.41. The molecule has 1 aliphatic heterocycles. The first kappa shape index (κ1) is 21.1. The topological polar surface area (TPSA) is 119 Å². The number of rotatable bonds is 6. The second-order valence-corrected chi connectivity index (χ2v) is 8.06. The van der Waals surface area contributed by atoms with E-state index in [0.29, 0.717) is 32.0 Å². The number of ether oxygens (including phenoxy) is 2. The molecule has 0 radical (unpaired) electrons. The van der Waals surface area contributed by atoms with E-state index >= 15 is 0 Å². The summed E-state index contributed by atoms with van der Waals surface area (Å²) in [6, 6.07) is 4.00. The second kappa shape index (κ2) is 8.68. The van der Waals surface area contributed by atoms with Crippen molar-refractivity contribution in [1.82, 2.24) is 4.90 Å². The van der Waals surface area contributed by atoms with E-state index in [2.05, 4.69) is 0 Å². The Kier molecular flexibility index (Phi) is 6.79. The van der Waals surface area contributed by atoms with Crippen LogP contribution in [0.4, 0.5) is 5.69 Å². The molecule has 0 saturated carbocycles. The zero-order valence-corrected chi connectivity index (χ0v) is 16.5. The molecular formula is C17H25N3O6S. The molecule has 2 N–H and O–H groups in total. The summed E-state index contributed by atoms with van der Waals surface area (Å²) < 4.78 is 33.8. The van der Waals surface area contributed by atoms with Gasteiger partial charge in [0.1, 0.15) is 0 Å². The third-order valence-electron chi connectivity index (χ3n) is 4.36. The van der Waals surface area contributed by atoms with Crippen molar-refractivity contribution >= 4 is 27.6 Å². The Morgan fingerprint density at radius 1 is 1.30 bits per heavy atom. The van der Waals surface area contributed by atoms with Crippen LogP contribution in [-0.4, -0.2) is 71.2 Å². The Balaban J connectivity index is 2.27. The molecule has 0 aromatic heterocycles. The van der Waals surface area contributed by atoms with Crippen molar-refractivity contribution in [3.05, 3.63) is 23.8 Å². The minimum Gasteiger partial charge on any atom is -0.452 e. The fraction of sp³-hybridized carbons (Fsp3) is 0.529. The third-order valence-corrected chi connectivity index (χ3v) is 5.27. The van der Waals surface area contributed by atoms with Gasteiger partial charge in [0.05, 0.1) is 29.4 Å². The highest BCUT2D eigenvalue weighted by molar-refractivity contribution is 7.89. The summed E-state index contributed by atoms with van der Waals surface area (Å²) >= 11 is 0. The van der Waals surface area contributed by atoms with Crippen LogP contribution < -0.4 is 10.0 Å². The van der Waals surface area contributed by atoms with E-state index in [1.165, 1.54) is 23.1 Å². The van der Waals surface area contributed by atoms with Crippen molar-refractivity contribution in [2.24, 2.45) is 5.14 Å². The van der Waals surface area contributed by atoms with Gasteiger partial charge in [0.25, 0.3) is 5.91 Å². The summed E-state index contributed by atoms with van der Waals surface area (Å²) in [6.45, 7) is 5.31. The Morgan fingerprint density at radius 2 is 1.93 bits per heavy atom. The molecule has 0 atom stereocenters. The number of sulfonamides is 1. The van der Waals surface area contributed by atoms with Gasteiger partial charge in [0.15, 0.2) is 6.61 Å². The highest BCUT2D eigenvalue weighted by atomic mass is 32.2. The van der Waals surface area contributed by atoms with E-state index in [9.17, 15) is 18.0 Å². The van der Waals surface area contributed by atoms with Gasteiger partial charge in [-0.05, 0) is 32.0 Å². The quantitative estimate of drug-likeness (QED) is 0.678. The smallest absolute Gasteiger partial charge is 0.340 e. The van der Waals surface area contributed by atoms with E-state index in [1.807, 2.05) is 18.7 Å². The molecule has 1 aromatic carbocycles. The number of primary sulfonamides is 1. The molecular weight excluding hydrogens is 374 g/mol. The number of likely N-dealkylation sites (N-methyl/N-ethyl adjacent to an activating group) is 1. The molecule has 1 amide bonds. The summed E-state index contributed by atoms with van der Waals surface area (Å²) in [7, 11) is -2.38. The molecule has 150 valence electrons. The average Bonchev–Trinajstić information content (AvgIpc) is 2.64. The minimum atomic E-state index is -3.99. The predicted molar refractivity (Wildman–Crippen MR) is 99.0 cm³/mol. The van der Waals surface area contributed by atoms with Gasteiger partial charge < -0.3 is 19.3 Å². The summed E-state index contributed by atoms with van der Waals surface area (Å²) in [5.41, 5.74) is 0.559. The Morgan fingerprint density at radius 3 is 2.48 bits per heavy atom. The van der Waals surface area contributed by atoms with Gasteiger partial charge in [-0.2, -0.15) is 0 Å². The number of morpholine rings is 1. The van der Waals surface area contributed by atoms with Crippen LogP contribution in [0.15, 0.2) is 23.1 Å². The maximum atomic E-state index is 12.6. The number of nitrogens with two attached hydrogens (primary N) is 1. The number of nitrogens with zero attached hydrogens (tertiary/aromatic N) is 2. The Bertz CT molecular complexity index is 803. The number of carbonyl (C=O) groups is 2. The lowest BCUT2D eigenvalue weighted by Crippen LogP contribution is -2.38. The normalized spacial score (nSPS) is 14.9. The number of amides is 1. The van der Waals surface area contributed by atoms with E-state index < -0.39 is 22.6 Å². The van der Waals surface area contributed by atoms with Gasteiger partial charge >= 0.3 is 5.97 Å². The van der Waals surface area contributed by atoms with Gasteiger partial charge in [-0.1, -0.05) is 0 Å². The zero-order valence-electron chi connectivity index (χ0n) is 15.7. The monoisotopic (exact) mass is 399 g/mol. The first-order valence-electron chi connectivity index (χ1n) is 8.53. The van der Waals surface area contributed by atoms with Crippen molar-refractivity contribution in [1.29, 1.82) is 0 Å². The summed E-state index contributed by atoms with van der Waals surface area (Å²) in [5.74, 6) is -1.14. The summed E-state index contributed by atoms with van der Waals surface area (Å²) in [5, 5.41) is 5.18. The number of anilines is 1. The molecule has 0 spiro atoms. The summed E-state index contributed by atoms with van der Waals surface area (Å²) in [4.78, 5) is 27.8. The molecule has 2 rings (SSSR count). The number of esters is 1. The molecule has 1 saturated heterocycles. The molecule has 1 aromatic rings. The molecule has 27 heavy (non-hydrogen) atoms. The number of benzene rings is 1. The fourth-order valence-corrected chi connectivity index (χ4v) is 3.07. The van der Waals surface area contributed by atoms with Crippen molar-refractivity contribution in [2.45, 2.75) is 24.8 Å². The van der Waals surface area contributed by atoms with Crippen LogP contribution in [0.25, 0.3) is 0 Å². The van der Waals surface area contributed by atoms with Crippen LogP contribution in [0.5, 0.6) is 0 Å². The van der Waals surface area contributed by atoms with Gasteiger partial charge in [-0.15, -0.1) is 0 Å². The van der Waals surface area contributed by atoms with Gasteiger partial charge in [0.2, 0.25) is 10.0 Å². The maximum Gasteiger partial charge on any atom is 0.340 e. The van der Waals surface area contributed by atoms with E-state index in [4.69, 9.17) is 14.6 Å². The van der Waals surface area contributed by atoms with Crippen LogP contribution in [0.1, 0.15) is 24.2 Å². The maximum absolute atomic E-state index is 12.6. The number of hydrogen-bond acceptors (Lipinski definition) is 7. The summed E-state index contributed by atoms with van der Waals surface area (Å²) in [6.07, 6.45) is 0. The zero-order chi connectivity index (χ0) is 20.2. The lowest BCUT2D eigenvalue weighted by atomic mass is 10.1. The van der Waals surface area contributed by atoms with Gasteiger partial charge in [0, 0.05) is 26.2 Å². The van der Waals surface area contributed by atoms with Crippen molar-refractivity contribution in [3.63, 3.8) is 0 Å². The lowest BCUT2D eigenvalue weighted by Gasteiger charge is -2.30. The molecule has 1 aliphatic rings. The molecule has 1 heterocycles. The van der Waals surface area contributed by atoms with Crippen LogP contribution in [0.2, 0.25) is 0 Å². The van der Waals surface area contributed by atoms with Crippen LogP contribution in [0, 0.1) is 0 Å². The highest BCUT2D eigenvalue weighted by Crippen LogP contribution is 2.25. The largest absolute Gasteiger partial charge is 0.452 e. The van der Waals surface area contributed by atoms with Crippen molar-refractivity contribution in [3.8, 4) is 0 Å². The molecule has 1 fully saturated rings. The molecule has 10 heteroatoms. The second-order valence-electron chi connectivity index (χ2n) is 6.50. The first-order chi connectivity index (χ1) is 12.6. The van der Waals surface area contributed by atoms with E-state index in [1.54, 1.807) is 7.05 Å². The number of hydrogen-bond donors (Lipinski definition) is 1. The average molecular weight is 399 g/mol. The highest BCUT2D eigenvalue weighted by Gasteiger charge is 2.24. The first-order valence-corrected chi connectivity index (χ1v) is 10.1. The van der Waals surface area contributed by atoms with Crippen LogP contribution in [0.3, 0.4) is 0 Å². The van der Waals surface area contributed by atoms with Gasteiger partial charge in [-0.25, -0.2) is 18.4 Å². The minimum absolute atomic E-state index is 0.0363. The Hall–Kier alpha value is -2.17. The predicted octanol–water partition coefficient (Wildman–Crippen LogP) is 0.194. The van der Waals surface area contributed by atoms with Crippen molar-refractivity contribution in [2.75, 3.05) is 44.9 Å². The molecule has 0 unspecified atom stereocenters. The van der Waals surface area contributed by atoms with Crippen LogP contribution >= 0.6 is 0 Å². The Labute approximate surface area is 159 Å².